The third kappa shape index (κ3) is 2.64. The van der Waals surface area contributed by atoms with E-state index >= 15 is 0 Å². The highest BCUT2D eigenvalue weighted by atomic mass is 16.5. The van der Waals surface area contributed by atoms with Gasteiger partial charge in [0.25, 0.3) is 0 Å². The summed E-state index contributed by atoms with van der Waals surface area (Å²) in [4.78, 5) is 25.2. The molecule has 4 aliphatic rings. The summed E-state index contributed by atoms with van der Waals surface area (Å²) in [5.74, 6) is 2.17. The second-order valence-electron chi connectivity index (χ2n) is 11.0. The van der Waals surface area contributed by atoms with E-state index in [1.165, 1.54) is 12.5 Å². The summed E-state index contributed by atoms with van der Waals surface area (Å²) < 4.78 is 5.56. The summed E-state index contributed by atoms with van der Waals surface area (Å²) in [5.41, 5.74) is 2.75. The topological polar surface area (TPSA) is 63.6 Å². The van der Waals surface area contributed by atoms with Crippen molar-refractivity contribution >= 4 is 11.8 Å². The van der Waals surface area contributed by atoms with E-state index < -0.39 is 5.41 Å². The SMILES string of the molecule is CC(=O)O[C@@H]1CC[C@@]2(C)[C@H](CC[C@@H]3[C@H]2CC(=O)[C@]2(C)c4c(O)cc(C)cc4C[C@H]32)C1. The van der Waals surface area contributed by atoms with Gasteiger partial charge in [0.05, 0.1) is 5.41 Å². The van der Waals surface area contributed by atoms with E-state index in [-0.39, 0.29) is 23.4 Å². The first-order valence-electron chi connectivity index (χ1n) is 11.7. The summed E-state index contributed by atoms with van der Waals surface area (Å²) in [6, 6.07) is 4.00. The van der Waals surface area contributed by atoms with Crippen LogP contribution in [0.5, 0.6) is 5.75 Å². The molecule has 30 heavy (non-hydrogen) atoms. The number of aryl methyl sites for hydroxylation is 1. The molecule has 0 unspecified atom stereocenters. The molecule has 0 heterocycles. The number of aromatic hydroxyl groups is 1. The average molecular weight is 411 g/mol. The smallest absolute Gasteiger partial charge is 0.302 e. The molecule has 7 atom stereocenters. The molecule has 3 fully saturated rings. The van der Waals surface area contributed by atoms with E-state index in [1.807, 2.05) is 13.0 Å². The number of hydrogen-bond acceptors (Lipinski definition) is 4. The molecule has 1 aromatic rings. The third-order valence-corrected chi connectivity index (χ3v) is 9.58. The normalized spacial score (nSPS) is 42.0. The van der Waals surface area contributed by atoms with E-state index in [4.69, 9.17) is 4.74 Å². The lowest BCUT2D eigenvalue weighted by Crippen LogP contribution is -2.57. The number of Topliss-reactive ketones (excluding diaryl/α,β-unsaturated/α-hetero) is 1. The monoisotopic (exact) mass is 410 g/mol. The van der Waals surface area contributed by atoms with Gasteiger partial charge in [-0.3, -0.25) is 9.59 Å². The van der Waals surface area contributed by atoms with Crippen LogP contribution in [0.25, 0.3) is 0 Å². The molecule has 1 aromatic carbocycles. The number of rotatable bonds is 1. The van der Waals surface area contributed by atoms with E-state index in [0.717, 1.165) is 49.7 Å². The van der Waals surface area contributed by atoms with Crippen molar-refractivity contribution in [2.45, 2.75) is 84.2 Å². The Morgan fingerprint density at radius 2 is 1.90 bits per heavy atom. The number of ether oxygens (including phenoxy) is 1. The summed E-state index contributed by atoms with van der Waals surface area (Å²) in [6.45, 7) is 8.02. The molecule has 4 heteroatoms. The molecule has 0 saturated heterocycles. The number of carbonyl (C=O) groups excluding carboxylic acids is 2. The van der Waals surface area contributed by atoms with E-state index in [2.05, 4.69) is 19.9 Å². The van der Waals surface area contributed by atoms with Crippen LogP contribution in [0.15, 0.2) is 12.1 Å². The van der Waals surface area contributed by atoms with Gasteiger partial charge >= 0.3 is 5.97 Å². The molecule has 3 saturated carbocycles. The zero-order valence-electron chi connectivity index (χ0n) is 18.7. The molecule has 0 bridgehead atoms. The van der Waals surface area contributed by atoms with E-state index in [9.17, 15) is 14.7 Å². The standard InChI is InChI=1S/C26H34O4/c1-14-9-16-11-21-19-6-5-17-12-18(30-15(2)27)7-8-25(17,3)20(19)13-23(29)26(21,4)24(16)22(28)10-14/h9-10,17-21,28H,5-8,11-13H2,1-4H3/t17-,18-,19-,20-,21-,25+,26-/m1/s1. The fraction of sp³-hybridized carbons (Fsp3) is 0.692. The van der Waals surface area contributed by atoms with E-state index in [1.54, 1.807) is 0 Å². The maximum Gasteiger partial charge on any atom is 0.302 e. The van der Waals surface area contributed by atoms with Gasteiger partial charge in [-0.2, -0.15) is 0 Å². The number of esters is 1. The molecular weight excluding hydrogens is 376 g/mol. The number of ketones is 1. The Morgan fingerprint density at radius 1 is 1.13 bits per heavy atom. The minimum Gasteiger partial charge on any atom is -0.508 e. The first kappa shape index (κ1) is 20.1. The van der Waals surface area contributed by atoms with Crippen molar-refractivity contribution in [1.82, 2.24) is 0 Å². The highest BCUT2D eigenvalue weighted by Gasteiger charge is 2.63. The Labute approximate surface area is 179 Å². The fourth-order valence-corrected chi connectivity index (χ4v) is 8.17. The molecule has 5 rings (SSSR count). The van der Waals surface area contributed by atoms with Crippen molar-refractivity contribution in [2.75, 3.05) is 0 Å². The van der Waals surface area contributed by atoms with Gasteiger partial charge in [0.2, 0.25) is 0 Å². The van der Waals surface area contributed by atoms with Crippen LogP contribution in [0.3, 0.4) is 0 Å². The largest absolute Gasteiger partial charge is 0.508 e. The molecule has 4 nitrogen and oxygen atoms in total. The van der Waals surface area contributed by atoms with Crippen LogP contribution in [0.1, 0.15) is 76.0 Å². The van der Waals surface area contributed by atoms with Gasteiger partial charge in [0.1, 0.15) is 17.6 Å². The lowest BCUT2D eigenvalue weighted by Gasteiger charge is -2.59. The number of phenols is 1. The molecule has 4 aliphatic carbocycles. The highest BCUT2D eigenvalue weighted by Crippen LogP contribution is 2.65. The Bertz CT molecular complexity index is 920. The molecule has 0 aliphatic heterocycles. The number of benzene rings is 1. The third-order valence-electron chi connectivity index (χ3n) is 9.58. The summed E-state index contributed by atoms with van der Waals surface area (Å²) in [5, 5.41) is 10.8. The van der Waals surface area contributed by atoms with Gasteiger partial charge in [0.15, 0.2) is 0 Å². The van der Waals surface area contributed by atoms with Gasteiger partial charge in [0, 0.05) is 18.9 Å². The zero-order chi connectivity index (χ0) is 21.4. The fourth-order valence-electron chi connectivity index (χ4n) is 8.17. The molecule has 1 N–H and O–H groups in total. The summed E-state index contributed by atoms with van der Waals surface area (Å²) >= 11 is 0. The highest BCUT2D eigenvalue weighted by molar-refractivity contribution is 5.93. The van der Waals surface area contributed by atoms with Crippen LogP contribution >= 0.6 is 0 Å². The van der Waals surface area contributed by atoms with Gasteiger partial charge in [-0.05, 0) is 98.7 Å². The lowest BCUT2D eigenvalue weighted by atomic mass is 9.44. The van der Waals surface area contributed by atoms with Crippen LogP contribution < -0.4 is 0 Å². The maximum atomic E-state index is 13.7. The predicted molar refractivity (Wildman–Crippen MR) is 114 cm³/mol. The summed E-state index contributed by atoms with van der Waals surface area (Å²) in [7, 11) is 0. The first-order valence-corrected chi connectivity index (χ1v) is 11.7. The summed E-state index contributed by atoms with van der Waals surface area (Å²) in [6.07, 6.45) is 6.74. The van der Waals surface area contributed by atoms with Crippen molar-refractivity contribution in [3.05, 3.63) is 28.8 Å². The number of carbonyl (C=O) groups is 2. The van der Waals surface area contributed by atoms with Crippen molar-refractivity contribution in [2.24, 2.45) is 29.1 Å². The van der Waals surface area contributed by atoms with Crippen LogP contribution in [0, 0.1) is 36.0 Å². The number of hydrogen-bond donors (Lipinski definition) is 1. The quantitative estimate of drug-likeness (QED) is 0.671. The lowest BCUT2D eigenvalue weighted by molar-refractivity contribution is -0.160. The predicted octanol–water partition coefficient (Wildman–Crippen LogP) is 4.87. The Kier molecular flexibility index (Phi) is 4.40. The molecule has 0 amide bonds. The molecular formula is C26H34O4. The van der Waals surface area contributed by atoms with E-state index in [0.29, 0.717) is 35.7 Å². The van der Waals surface area contributed by atoms with Crippen molar-refractivity contribution in [3.8, 4) is 5.75 Å². The van der Waals surface area contributed by atoms with Gasteiger partial charge in [-0.15, -0.1) is 0 Å². The average Bonchev–Trinajstić information content (AvgIpc) is 2.96. The second-order valence-corrected chi connectivity index (χ2v) is 11.0. The minimum atomic E-state index is -0.549. The van der Waals surface area contributed by atoms with Crippen LogP contribution in [-0.2, 0) is 26.2 Å². The first-order chi connectivity index (χ1) is 14.1. The minimum absolute atomic E-state index is 0.0392. The van der Waals surface area contributed by atoms with Crippen LogP contribution in [-0.4, -0.2) is 23.0 Å². The molecule has 0 radical (unpaired) electrons. The van der Waals surface area contributed by atoms with Crippen molar-refractivity contribution in [3.63, 3.8) is 0 Å². The zero-order valence-corrected chi connectivity index (χ0v) is 18.7. The van der Waals surface area contributed by atoms with Crippen molar-refractivity contribution < 1.29 is 19.4 Å². The van der Waals surface area contributed by atoms with Gasteiger partial charge < -0.3 is 9.84 Å². The van der Waals surface area contributed by atoms with Crippen LogP contribution in [0.2, 0.25) is 0 Å². The molecule has 0 aromatic heterocycles. The van der Waals surface area contributed by atoms with Gasteiger partial charge in [-0.1, -0.05) is 13.0 Å². The number of phenolic OH excluding ortho intramolecular Hbond substituents is 1. The van der Waals surface area contributed by atoms with Crippen LogP contribution in [0.4, 0.5) is 0 Å². The molecule has 0 spiro atoms. The molecule has 162 valence electrons. The van der Waals surface area contributed by atoms with Gasteiger partial charge in [-0.25, -0.2) is 0 Å². The Morgan fingerprint density at radius 3 is 2.63 bits per heavy atom. The maximum absolute atomic E-state index is 13.7. The number of fused-ring (bicyclic) bond motifs is 7. The second kappa shape index (κ2) is 6.58. The Balaban J connectivity index is 1.48. The van der Waals surface area contributed by atoms with Crippen molar-refractivity contribution in [1.29, 1.82) is 0 Å². The Hall–Kier alpha value is -1.84.